The highest BCUT2D eigenvalue weighted by Crippen LogP contribution is 2.22. The van der Waals surface area contributed by atoms with Gasteiger partial charge in [0.1, 0.15) is 10.7 Å². The minimum absolute atomic E-state index is 0.0724. The van der Waals surface area contributed by atoms with Gasteiger partial charge in [-0.05, 0) is 67.1 Å². The van der Waals surface area contributed by atoms with E-state index in [2.05, 4.69) is 26.1 Å². The summed E-state index contributed by atoms with van der Waals surface area (Å²) in [4.78, 5) is 38.9. The molecule has 11 heteroatoms. The maximum Gasteiger partial charge on any atom is 0.272 e. The number of carbonyl (C=O) groups is 3. The van der Waals surface area contributed by atoms with Gasteiger partial charge in [0.15, 0.2) is 0 Å². The number of nitrogens with zero attached hydrogens (tertiary/aromatic N) is 2. The summed E-state index contributed by atoms with van der Waals surface area (Å²) >= 11 is 8.63. The van der Waals surface area contributed by atoms with Gasteiger partial charge < -0.3 is 10.6 Å². The van der Waals surface area contributed by atoms with E-state index in [1.165, 1.54) is 23.1 Å². The molecule has 0 aliphatic carbocycles. The van der Waals surface area contributed by atoms with Crippen molar-refractivity contribution in [2.75, 3.05) is 16.4 Å². The normalized spacial score (nSPS) is 11.1. The van der Waals surface area contributed by atoms with Crippen molar-refractivity contribution in [3.05, 3.63) is 106 Å². The van der Waals surface area contributed by atoms with Crippen molar-refractivity contribution in [2.24, 2.45) is 0 Å². The van der Waals surface area contributed by atoms with Gasteiger partial charge in [-0.15, -0.1) is 22.0 Å². The van der Waals surface area contributed by atoms with Crippen molar-refractivity contribution in [3.63, 3.8) is 0 Å². The van der Waals surface area contributed by atoms with Gasteiger partial charge in [0.2, 0.25) is 11.0 Å². The third kappa shape index (κ3) is 8.01. The number of nitrogens with one attached hydrogen (secondary N) is 3. The Hall–Kier alpha value is -3.99. The minimum Gasteiger partial charge on any atom is -0.321 e. The molecule has 0 aliphatic rings. The lowest BCUT2D eigenvalue weighted by Crippen LogP contribution is -2.30. The van der Waals surface area contributed by atoms with E-state index in [0.29, 0.717) is 27.0 Å². The fraction of sp³-hybridized carbons (Fsp3) is 0.0741. The molecule has 1 aromatic heterocycles. The Kier molecular flexibility index (Phi) is 9.26. The standard InChI is InChI=1S/C27H22ClN5O3S2/c1-17-32-33-27(38-17)31-24(34)16-37-22-13-11-21(12-14-22)29-26(36)23(15-18-7-9-20(28)10-8-18)30-25(35)19-5-3-2-4-6-19/h2-15H,16H2,1H3,(H,29,36)(H,30,35)(H,31,33,34)/b23-15-. The molecule has 3 N–H and O–H groups in total. The van der Waals surface area contributed by atoms with Gasteiger partial charge in [0.05, 0.1) is 5.75 Å². The highest BCUT2D eigenvalue weighted by molar-refractivity contribution is 8.00. The summed E-state index contributed by atoms with van der Waals surface area (Å²) < 4.78 is 0. The molecule has 0 unspecified atom stereocenters. The number of halogens is 1. The topological polar surface area (TPSA) is 113 Å². The summed E-state index contributed by atoms with van der Waals surface area (Å²) in [5.74, 6) is -0.884. The Balaban J connectivity index is 1.40. The fourth-order valence-electron chi connectivity index (χ4n) is 3.15. The molecule has 0 saturated carbocycles. The summed E-state index contributed by atoms with van der Waals surface area (Å²) in [6.07, 6.45) is 1.58. The second kappa shape index (κ2) is 13.0. The average molecular weight is 564 g/mol. The molecule has 192 valence electrons. The molecule has 0 saturated heterocycles. The maximum atomic E-state index is 13.1. The van der Waals surface area contributed by atoms with Crippen molar-refractivity contribution in [2.45, 2.75) is 11.8 Å². The van der Waals surface area contributed by atoms with Gasteiger partial charge in [0.25, 0.3) is 11.8 Å². The Morgan fingerprint density at radius 3 is 2.29 bits per heavy atom. The predicted octanol–water partition coefficient (Wildman–Crippen LogP) is 5.64. The molecular formula is C27H22ClN5O3S2. The zero-order valence-electron chi connectivity index (χ0n) is 20.1. The van der Waals surface area contributed by atoms with Crippen molar-refractivity contribution < 1.29 is 14.4 Å². The minimum atomic E-state index is -0.489. The third-order valence-corrected chi connectivity index (χ3v) is 6.98. The van der Waals surface area contributed by atoms with Crippen LogP contribution in [0.1, 0.15) is 20.9 Å². The van der Waals surface area contributed by atoms with Gasteiger partial charge >= 0.3 is 0 Å². The predicted molar refractivity (Wildman–Crippen MR) is 152 cm³/mol. The molecule has 8 nitrogen and oxygen atoms in total. The highest BCUT2D eigenvalue weighted by atomic mass is 35.5. The fourth-order valence-corrected chi connectivity index (χ4v) is 4.58. The molecule has 0 bridgehead atoms. The van der Waals surface area contributed by atoms with Crippen LogP contribution >= 0.6 is 34.7 Å². The lowest BCUT2D eigenvalue weighted by Gasteiger charge is -2.12. The van der Waals surface area contributed by atoms with Gasteiger partial charge in [-0.1, -0.05) is 53.3 Å². The van der Waals surface area contributed by atoms with Gasteiger partial charge in [-0.3, -0.25) is 19.7 Å². The van der Waals surface area contributed by atoms with E-state index in [4.69, 9.17) is 11.6 Å². The molecule has 4 rings (SSSR count). The van der Waals surface area contributed by atoms with Gasteiger partial charge in [0, 0.05) is 21.2 Å². The molecule has 3 aromatic carbocycles. The van der Waals surface area contributed by atoms with Crippen LogP contribution in [0.5, 0.6) is 0 Å². The van der Waals surface area contributed by atoms with Crippen LogP contribution in [0.25, 0.3) is 6.08 Å². The number of thioether (sulfide) groups is 1. The van der Waals surface area contributed by atoms with E-state index in [9.17, 15) is 14.4 Å². The molecule has 0 aliphatic heterocycles. The maximum absolute atomic E-state index is 13.1. The first-order chi connectivity index (χ1) is 18.4. The van der Waals surface area contributed by atoms with Crippen LogP contribution in [0.2, 0.25) is 5.02 Å². The molecule has 4 aromatic rings. The molecule has 0 spiro atoms. The van der Waals surface area contributed by atoms with E-state index in [-0.39, 0.29) is 17.4 Å². The molecule has 0 fully saturated rings. The Labute approximate surface area is 232 Å². The number of hydrogen-bond acceptors (Lipinski definition) is 7. The van der Waals surface area contributed by atoms with Crippen LogP contribution < -0.4 is 16.0 Å². The number of anilines is 2. The van der Waals surface area contributed by atoms with E-state index in [1.54, 1.807) is 78.9 Å². The Morgan fingerprint density at radius 2 is 1.63 bits per heavy atom. The van der Waals surface area contributed by atoms with Gasteiger partial charge in [-0.25, -0.2) is 0 Å². The van der Waals surface area contributed by atoms with Crippen molar-refractivity contribution in [3.8, 4) is 0 Å². The van der Waals surface area contributed by atoms with Gasteiger partial charge in [-0.2, -0.15) is 0 Å². The van der Waals surface area contributed by atoms with Crippen LogP contribution in [0.3, 0.4) is 0 Å². The lowest BCUT2D eigenvalue weighted by atomic mass is 10.1. The smallest absolute Gasteiger partial charge is 0.272 e. The molecular weight excluding hydrogens is 542 g/mol. The average Bonchev–Trinajstić information content (AvgIpc) is 3.33. The number of aryl methyl sites for hydroxylation is 1. The first-order valence-corrected chi connectivity index (χ1v) is 13.5. The second-order valence-electron chi connectivity index (χ2n) is 7.87. The Morgan fingerprint density at radius 1 is 0.921 bits per heavy atom. The highest BCUT2D eigenvalue weighted by Gasteiger charge is 2.15. The number of rotatable bonds is 9. The molecule has 0 radical (unpaired) electrons. The van der Waals surface area contributed by atoms with Crippen LogP contribution in [0, 0.1) is 6.92 Å². The van der Waals surface area contributed by atoms with E-state index in [0.717, 1.165) is 9.90 Å². The van der Waals surface area contributed by atoms with Crippen LogP contribution in [0.4, 0.5) is 10.8 Å². The first kappa shape index (κ1) is 27.1. The molecule has 3 amide bonds. The van der Waals surface area contributed by atoms with E-state index in [1.807, 2.05) is 13.0 Å². The molecule has 1 heterocycles. The summed E-state index contributed by atoms with van der Waals surface area (Å²) in [7, 11) is 0. The van der Waals surface area contributed by atoms with Crippen molar-refractivity contribution >= 4 is 69.3 Å². The van der Waals surface area contributed by atoms with E-state index >= 15 is 0 Å². The van der Waals surface area contributed by atoms with Crippen molar-refractivity contribution in [1.29, 1.82) is 0 Å². The Bertz CT molecular complexity index is 1460. The number of hydrogen-bond donors (Lipinski definition) is 3. The number of amides is 3. The molecule has 0 atom stereocenters. The first-order valence-electron chi connectivity index (χ1n) is 11.3. The van der Waals surface area contributed by atoms with Crippen LogP contribution in [-0.4, -0.2) is 33.7 Å². The number of benzene rings is 3. The zero-order chi connectivity index (χ0) is 26.9. The van der Waals surface area contributed by atoms with Crippen LogP contribution in [0.15, 0.2) is 89.5 Å². The summed E-state index contributed by atoms with van der Waals surface area (Å²) in [6.45, 7) is 1.82. The zero-order valence-corrected chi connectivity index (χ0v) is 22.5. The monoisotopic (exact) mass is 563 g/mol. The third-order valence-electron chi connectivity index (χ3n) is 4.96. The molecule has 38 heavy (non-hydrogen) atoms. The van der Waals surface area contributed by atoms with Crippen molar-refractivity contribution in [1.82, 2.24) is 15.5 Å². The quantitative estimate of drug-likeness (QED) is 0.179. The van der Waals surface area contributed by atoms with Crippen LogP contribution in [-0.2, 0) is 9.59 Å². The largest absolute Gasteiger partial charge is 0.321 e. The second-order valence-corrected chi connectivity index (χ2v) is 10.5. The van der Waals surface area contributed by atoms with E-state index < -0.39 is 11.8 Å². The summed E-state index contributed by atoms with van der Waals surface area (Å²) in [6, 6.07) is 22.6. The summed E-state index contributed by atoms with van der Waals surface area (Å²) in [5, 5.41) is 17.8. The lowest BCUT2D eigenvalue weighted by molar-refractivity contribution is -0.114. The summed E-state index contributed by atoms with van der Waals surface area (Å²) in [5.41, 5.74) is 1.72. The number of aromatic nitrogens is 2. The number of carbonyl (C=O) groups excluding carboxylic acids is 3. The SMILES string of the molecule is Cc1nnc(NC(=O)CSc2ccc(NC(=O)/C(=C/c3ccc(Cl)cc3)NC(=O)c3ccccc3)cc2)s1.